The van der Waals surface area contributed by atoms with E-state index in [1.54, 1.807) is 65.5 Å². The molecule has 49 heavy (non-hydrogen) atoms. The smallest absolute Gasteiger partial charge is 0.416 e. The number of nitrogens with zero attached hydrogens (tertiary/aromatic N) is 3. The Kier molecular flexibility index (Phi) is 9.52. The van der Waals surface area contributed by atoms with Crippen molar-refractivity contribution >= 4 is 58.4 Å². The van der Waals surface area contributed by atoms with E-state index < -0.39 is 68.7 Å². The molecular weight excluding hydrogens is 714 g/mol. The lowest BCUT2D eigenvalue weighted by molar-refractivity contribution is -0.143. The molecule has 3 fully saturated rings. The summed E-state index contributed by atoms with van der Waals surface area (Å²) in [7, 11) is 0. The fourth-order valence-corrected chi connectivity index (χ4v) is 8.39. The fourth-order valence-electron chi connectivity index (χ4n) is 6.67. The standard InChI is InChI=1S/C33H39BCl2F6N3O3S/c1-28(2,3)24(25(46)44-15-9-14-31(44,8)19-10-12-22(35)13-11-19)43-27-45(34(26(36)49-27)47-29(4,5)30(6,7)48-34)23-17-20(32(37,38)39)16-21(18-23)33(40,41)42/h10-13,16-18,24,26H,9,14-15H2,1-8H3/q-1/t24-,26-,31-/m1/s1. The zero-order chi connectivity index (χ0) is 36.8. The number of likely N-dealkylation sites (tertiary alicyclic amines) is 1. The normalized spacial score (nSPS) is 26.6. The number of amidine groups is 1. The molecule has 3 aliphatic rings. The molecule has 3 atom stereocenters. The quantitative estimate of drug-likeness (QED) is 0.177. The summed E-state index contributed by atoms with van der Waals surface area (Å²) in [6.07, 6.45) is -8.89. The van der Waals surface area contributed by atoms with Crippen molar-refractivity contribution in [3.05, 3.63) is 64.2 Å². The van der Waals surface area contributed by atoms with Crippen molar-refractivity contribution in [3.8, 4) is 0 Å². The van der Waals surface area contributed by atoms with Crippen LogP contribution in [-0.2, 0) is 32.0 Å². The predicted octanol–water partition coefficient (Wildman–Crippen LogP) is 9.89. The molecule has 0 saturated carbocycles. The number of rotatable bonds is 4. The number of thioether (sulfide) groups is 1. The maximum absolute atomic E-state index is 14.6. The second-order valence-electron chi connectivity index (χ2n) is 15.1. The van der Waals surface area contributed by atoms with Crippen molar-refractivity contribution in [2.24, 2.45) is 10.4 Å². The van der Waals surface area contributed by atoms with Crippen LogP contribution in [0.5, 0.6) is 0 Å². The van der Waals surface area contributed by atoms with Crippen molar-refractivity contribution in [2.75, 3.05) is 11.4 Å². The minimum Gasteiger partial charge on any atom is -0.542 e. The van der Waals surface area contributed by atoms with Gasteiger partial charge < -0.3 is 19.0 Å². The first-order valence-corrected chi connectivity index (χ1v) is 17.5. The molecule has 16 heteroatoms. The van der Waals surface area contributed by atoms with Crippen LogP contribution in [0.3, 0.4) is 0 Å². The SMILES string of the molecule is CC(C)(C)[C@H](N=C1S[C@@H](Cl)[B-]2(OC(C)(C)C(C)(C)O2)N1c1cc(C(F)(F)F)cc(C(F)(F)F)c1)C(=O)N1CCC[C@]1(C)c1ccc(Cl)cc1. The molecule has 1 spiro atoms. The van der Waals surface area contributed by atoms with Crippen LogP contribution in [0.1, 0.15) is 84.9 Å². The van der Waals surface area contributed by atoms with E-state index in [0.717, 1.165) is 22.1 Å². The van der Waals surface area contributed by atoms with E-state index in [1.807, 2.05) is 19.1 Å². The van der Waals surface area contributed by atoms with Crippen LogP contribution >= 0.6 is 35.0 Å². The van der Waals surface area contributed by atoms with E-state index in [2.05, 4.69) is 0 Å². The van der Waals surface area contributed by atoms with Crippen LogP contribution < -0.4 is 4.81 Å². The summed E-state index contributed by atoms with van der Waals surface area (Å²) in [5.74, 6) is -0.357. The van der Waals surface area contributed by atoms with Crippen molar-refractivity contribution in [1.82, 2.24) is 4.90 Å². The number of carbonyl (C=O) groups excluding carboxylic acids is 1. The summed E-state index contributed by atoms with van der Waals surface area (Å²) in [4.78, 5) is 22.3. The van der Waals surface area contributed by atoms with Gasteiger partial charge in [0.25, 0.3) is 0 Å². The molecule has 0 N–H and O–H groups in total. The van der Waals surface area contributed by atoms with Gasteiger partial charge in [0.1, 0.15) is 11.2 Å². The fraction of sp³-hybridized carbons (Fsp3) is 0.576. The number of hydrogen-bond donors (Lipinski definition) is 0. The predicted molar refractivity (Wildman–Crippen MR) is 183 cm³/mol. The summed E-state index contributed by atoms with van der Waals surface area (Å²) in [5, 5.41) is 0.444. The average molecular weight is 753 g/mol. The van der Waals surface area contributed by atoms with E-state index in [9.17, 15) is 31.1 Å². The van der Waals surface area contributed by atoms with Crippen LogP contribution in [0.4, 0.5) is 32.0 Å². The zero-order valence-corrected chi connectivity index (χ0v) is 30.7. The number of amides is 1. The molecule has 0 aliphatic carbocycles. The monoisotopic (exact) mass is 752 g/mol. The highest BCUT2D eigenvalue weighted by molar-refractivity contribution is 8.18. The third-order valence-corrected chi connectivity index (χ3v) is 11.9. The van der Waals surface area contributed by atoms with Gasteiger partial charge in [-0.2, -0.15) is 26.3 Å². The van der Waals surface area contributed by atoms with Gasteiger partial charge >= 0.3 is 19.0 Å². The van der Waals surface area contributed by atoms with Gasteiger partial charge in [0, 0.05) is 33.1 Å². The third kappa shape index (κ3) is 6.81. The lowest BCUT2D eigenvalue weighted by Gasteiger charge is -2.45. The van der Waals surface area contributed by atoms with Gasteiger partial charge in [-0.3, -0.25) is 9.79 Å². The Labute approximate surface area is 296 Å². The third-order valence-electron chi connectivity index (χ3n) is 10.0. The van der Waals surface area contributed by atoms with Gasteiger partial charge in [0.15, 0.2) is 0 Å². The van der Waals surface area contributed by atoms with E-state index >= 15 is 0 Å². The maximum Gasteiger partial charge on any atom is 0.416 e. The van der Waals surface area contributed by atoms with Crippen LogP contribution in [0, 0.1) is 5.41 Å². The van der Waals surface area contributed by atoms with E-state index in [4.69, 9.17) is 37.5 Å². The lowest BCUT2D eigenvalue weighted by Crippen LogP contribution is -2.59. The first-order chi connectivity index (χ1) is 22.2. The van der Waals surface area contributed by atoms with Gasteiger partial charge in [-0.1, -0.05) is 44.5 Å². The lowest BCUT2D eigenvalue weighted by atomic mass is 9.71. The second-order valence-corrected chi connectivity index (χ2v) is 17.4. The van der Waals surface area contributed by atoms with Crippen molar-refractivity contribution in [1.29, 1.82) is 0 Å². The van der Waals surface area contributed by atoms with Gasteiger partial charge in [-0.25, -0.2) is 0 Å². The molecular formula is C33H39BCl2F6N3O3S-. The van der Waals surface area contributed by atoms with E-state index in [1.165, 1.54) is 0 Å². The Morgan fingerprint density at radius 1 is 0.939 bits per heavy atom. The van der Waals surface area contributed by atoms with Crippen LogP contribution in [0.2, 0.25) is 5.02 Å². The molecule has 3 heterocycles. The molecule has 2 aromatic carbocycles. The molecule has 0 aromatic heterocycles. The Bertz CT molecular complexity index is 1600. The first kappa shape index (κ1) is 38.1. The summed E-state index contributed by atoms with van der Waals surface area (Å²) in [6.45, 7) is 11.5. The molecule has 0 bridgehead atoms. The van der Waals surface area contributed by atoms with Gasteiger partial charge in [-0.05, 0) is 88.8 Å². The minimum absolute atomic E-state index is 0.0536. The van der Waals surface area contributed by atoms with Crippen LogP contribution in [0.15, 0.2) is 47.5 Å². The molecule has 5 rings (SSSR count). The number of benzene rings is 2. The Hall–Kier alpha value is -2.13. The summed E-state index contributed by atoms with van der Waals surface area (Å²) < 4.78 is 96.5. The number of anilines is 1. The molecule has 3 aliphatic heterocycles. The highest BCUT2D eigenvalue weighted by atomic mass is 35.5. The highest BCUT2D eigenvalue weighted by Crippen LogP contribution is 2.54. The number of alkyl halides is 7. The molecule has 0 radical (unpaired) electrons. The van der Waals surface area contributed by atoms with E-state index in [-0.39, 0.29) is 17.1 Å². The summed E-state index contributed by atoms with van der Waals surface area (Å²) >= 11 is 13.9. The van der Waals surface area contributed by atoms with Gasteiger partial charge in [-0.15, -0.1) is 23.4 Å². The number of carbonyl (C=O) groups is 1. The highest BCUT2D eigenvalue weighted by Gasteiger charge is 2.63. The summed E-state index contributed by atoms with van der Waals surface area (Å²) in [6, 6.07) is 7.32. The first-order valence-electron chi connectivity index (χ1n) is 15.8. The zero-order valence-electron chi connectivity index (χ0n) is 28.4. The van der Waals surface area contributed by atoms with Gasteiger partial charge in [0.05, 0.1) is 16.7 Å². The number of halogens is 8. The molecule has 6 nitrogen and oxygen atoms in total. The molecule has 270 valence electrons. The Balaban J connectivity index is 1.71. The number of aliphatic imine (C=N–C) groups is 1. The van der Waals surface area contributed by atoms with Gasteiger partial charge in [0.2, 0.25) is 5.91 Å². The van der Waals surface area contributed by atoms with E-state index in [0.29, 0.717) is 36.5 Å². The van der Waals surface area contributed by atoms with Crippen LogP contribution in [-0.4, -0.2) is 51.1 Å². The Morgan fingerprint density at radius 3 is 1.92 bits per heavy atom. The molecule has 1 amide bonds. The van der Waals surface area contributed by atoms with Crippen molar-refractivity contribution < 1.29 is 40.4 Å². The summed E-state index contributed by atoms with van der Waals surface area (Å²) in [5.41, 5.74) is -6.46. The molecule has 2 aromatic rings. The average Bonchev–Trinajstić information content (AvgIpc) is 3.53. The van der Waals surface area contributed by atoms with Crippen molar-refractivity contribution in [2.45, 2.75) is 108 Å². The topological polar surface area (TPSA) is 54.4 Å². The largest absolute Gasteiger partial charge is 0.542 e. The molecule has 0 unspecified atom stereocenters. The van der Waals surface area contributed by atoms with Crippen molar-refractivity contribution in [3.63, 3.8) is 0 Å². The maximum atomic E-state index is 14.6. The minimum atomic E-state index is -5.12. The van der Waals surface area contributed by atoms with Crippen LogP contribution in [0.25, 0.3) is 0 Å². The Morgan fingerprint density at radius 2 is 1.45 bits per heavy atom. The molecule has 3 saturated heterocycles. The second kappa shape index (κ2) is 12.2. The number of hydrogen-bond acceptors (Lipinski definition) is 5.